The van der Waals surface area contributed by atoms with E-state index in [0.29, 0.717) is 19.4 Å². The van der Waals surface area contributed by atoms with E-state index in [1.54, 1.807) is 5.01 Å². The maximum absolute atomic E-state index is 11.2. The van der Waals surface area contributed by atoms with E-state index in [1.807, 2.05) is 45.3 Å². The Kier molecular flexibility index (Phi) is 5.84. The van der Waals surface area contributed by atoms with Crippen molar-refractivity contribution in [1.29, 1.82) is 0 Å². The Bertz CT molecular complexity index is 399. The topological polar surface area (TPSA) is 54.3 Å². The second-order valence-electron chi connectivity index (χ2n) is 4.01. The lowest BCUT2D eigenvalue weighted by Crippen LogP contribution is -2.04. The molecule has 0 aliphatic rings. The van der Waals surface area contributed by atoms with Gasteiger partial charge in [0, 0.05) is 20.5 Å². The van der Waals surface area contributed by atoms with Crippen molar-refractivity contribution in [3.8, 4) is 0 Å². The summed E-state index contributed by atoms with van der Waals surface area (Å²) in [5.41, 5.74) is 1.88. The maximum atomic E-state index is 11.2. The Morgan fingerprint density at radius 1 is 1.28 bits per heavy atom. The normalized spacial score (nSPS) is 10.6. The minimum absolute atomic E-state index is 0.158. The fourth-order valence-electron chi connectivity index (χ4n) is 1.35. The second kappa shape index (κ2) is 7.42. The molecule has 1 aromatic rings. The van der Waals surface area contributed by atoms with Gasteiger partial charge in [-0.1, -0.05) is 17.4 Å². The van der Waals surface area contributed by atoms with Gasteiger partial charge in [-0.2, -0.15) is 0 Å². The first-order valence-electron chi connectivity index (χ1n) is 5.95. The van der Waals surface area contributed by atoms with Gasteiger partial charge >= 0.3 is 5.97 Å². The number of ether oxygens (including phenoxy) is 1. The standard InChI is InChI=1S/C13H19N3O2/c1-4-18-13(17)10-7-11-5-8-12(9-6-11)14-15-16(2)3/h5-6,8-9H,4,7,10H2,1-3H3. The van der Waals surface area contributed by atoms with Crippen LogP contribution < -0.4 is 0 Å². The summed E-state index contributed by atoms with van der Waals surface area (Å²) in [5, 5.41) is 9.57. The average molecular weight is 249 g/mol. The van der Waals surface area contributed by atoms with Gasteiger partial charge in [0.05, 0.1) is 12.3 Å². The van der Waals surface area contributed by atoms with Crippen LogP contribution >= 0.6 is 0 Å². The van der Waals surface area contributed by atoms with E-state index in [4.69, 9.17) is 4.74 Å². The molecule has 0 saturated carbocycles. The van der Waals surface area contributed by atoms with Crippen molar-refractivity contribution in [2.45, 2.75) is 19.8 Å². The molecule has 0 N–H and O–H groups in total. The van der Waals surface area contributed by atoms with Crippen molar-refractivity contribution in [2.24, 2.45) is 10.3 Å². The molecule has 0 fully saturated rings. The predicted molar refractivity (Wildman–Crippen MR) is 69.6 cm³/mol. The van der Waals surface area contributed by atoms with Crippen molar-refractivity contribution in [3.63, 3.8) is 0 Å². The van der Waals surface area contributed by atoms with Crippen LogP contribution in [0.15, 0.2) is 34.6 Å². The molecule has 0 aromatic heterocycles. The third-order valence-electron chi connectivity index (χ3n) is 2.20. The van der Waals surface area contributed by atoms with Crippen LogP contribution in [0, 0.1) is 0 Å². The Balaban J connectivity index is 2.47. The summed E-state index contributed by atoms with van der Waals surface area (Å²) < 4.78 is 4.87. The van der Waals surface area contributed by atoms with Gasteiger partial charge in [-0.3, -0.25) is 9.80 Å². The quantitative estimate of drug-likeness (QED) is 0.442. The zero-order valence-electron chi connectivity index (χ0n) is 11.1. The van der Waals surface area contributed by atoms with Crippen LogP contribution in [0.5, 0.6) is 0 Å². The third kappa shape index (κ3) is 5.43. The molecule has 0 aliphatic carbocycles. The Morgan fingerprint density at radius 2 is 1.94 bits per heavy atom. The number of aryl methyl sites for hydroxylation is 1. The summed E-state index contributed by atoms with van der Waals surface area (Å²) in [6, 6.07) is 7.66. The van der Waals surface area contributed by atoms with Crippen LogP contribution in [0.25, 0.3) is 0 Å². The van der Waals surface area contributed by atoms with Crippen molar-refractivity contribution in [1.82, 2.24) is 5.01 Å². The van der Waals surface area contributed by atoms with Gasteiger partial charge in [-0.05, 0) is 31.0 Å². The van der Waals surface area contributed by atoms with Gasteiger partial charge < -0.3 is 4.74 Å². The molecule has 0 radical (unpaired) electrons. The van der Waals surface area contributed by atoms with Crippen LogP contribution in [0.3, 0.4) is 0 Å². The first-order chi connectivity index (χ1) is 8.61. The molecule has 1 aromatic carbocycles. The summed E-state index contributed by atoms with van der Waals surface area (Å²) in [7, 11) is 3.63. The minimum atomic E-state index is -0.158. The average Bonchev–Trinajstić information content (AvgIpc) is 2.35. The highest BCUT2D eigenvalue weighted by atomic mass is 16.5. The number of hydrogen-bond donors (Lipinski definition) is 0. The van der Waals surface area contributed by atoms with E-state index < -0.39 is 0 Å². The minimum Gasteiger partial charge on any atom is -0.466 e. The van der Waals surface area contributed by atoms with Crippen LogP contribution in [0.1, 0.15) is 18.9 Å². The highest BCUT2D eigenvalue weighted by Crippen LogP contribution is 2.14. The Hall–Kier alpha value is -1.91. The van der Waals surface area contributed by atoms with Crippen molar-refractivity contribution in [3.05, 3.63) is 29.8 Å². The van der Waals surface area contributed by atoms with Crippen LogP contribution in [0.2, 0.25) is 0 Å². The third-order valence-corrected chi connectivity index (χ3v) is 2.20. The van der Waals surface area contributed by atoms with Gasteiger partial charge in [-0.15, -0.1) is 5.11 Å². The van der Waals surface area contributed by atoms with E-state index in [0.717, 1.165) is 11.3 Å². The molecule has 0 atom stereocenters. The lowest BCUT2D eigenvalue weighted by molar-refractivity contribution is -0.143. The van der Waals surface area contributed by atoms with Crippen molar-refractivity contribution >= 4 is 11.7 Å². The van der Waals surface area contributed by atoms with Gasteiger partial charge in [0.2, 0.25) is 0 Å². The van der Waals surface area contributed by atoms with Gasteiger partial charge in [0.15, 0.2) is 0 Å². The lowest BCUT2D eigenvalue weighted by Gasteiger charge is -2.03. The number of nitrogens with zero attached hydrogens (tertiary/aromatic N) is 3. The zero-order valence-corrected chi connectivity index (χ0v) is 11.1. The number of esters is 1. The summed E-state index contributed by atoms with van der Waals surface area (Å²) in [5.74, 6) is -0.158. The van der Waals surface area contributed by atoms with E-state index in [1.165, 1.54) is 0 Å². The molecular formula is C13H19N3O2. The Labute approximate surface area is 107 Å². The molecule has 0 bridgehead atoms. The molecule has 0 saturated heterocycles. The monoisotopic (exact) mass is 249 g/mol. The summed E-state index contributed by atoms with van der Waals surface area (Å²) >= 11 is 0. The first kappa shape index (κ1) is 14.2. The fourth-order valence-corrected chi connectivity index (χ4v) is 1.35. The van der Waals surface area contributed by atoms with Crippen LogP contribution in [-0.4, -0.2) is 31.7 Å². The largest absolute Gasteiger partial charge is 0.466 e. The number of benzene rings is 1. The molecule has 0 amide bonds. The van der Waals surface area contributed by atoms with Gasteiger partial charge in [0.1, 0.15) is 0 Å². The van der Waals surface area contributed by atoms with E-state index >= 15 is 0 Å². The number of hydrogen-bond acceptors (Lipinski definition) is 4. The Morgan fingerprint density at radius 3 is 2.50 bits per heavy atom. The summed E-state index contributed by atoms with van der Waals surface area (Å²) in [6.45, 7) is 2.24. The van der Waals surface area contributed by atoms with E-state index in [9.17, 15) is 4.79 Å². The van der Waals surface area contributed by atoms with Gasteiger partial charge in [0.25, 0.3) is 0 Å². The molecule has 1 rings (SSSR count). The molecule has 5 nitrogen and oxygen atoms in total. The molecule has 0 heterocycles. The predicted octanol–water partition coefficient (Wildman–Crippen LogP) is 2.74. The fraction of sp³-hybridized carbons (Fsp3) is 0.462. The maximum Gasteiger partial charge on any atom is 0.306 e. The molecular weight excluding hydrogens is 230 g/mol. The first-order valence-corrected chi connectivity index (χ1v) is 5.95. The SMILES string of the molecule is CCOC(=O)CCc1ccc(N=NN(C)C)cc1. The highest BCUT2D eigenvalue weighted by molar-refractivity contribution is 5.69. The van der Waals surface area contributed by atoms with E-state index in [2.05, 4.69) is 10.3 Å². The molecule has 5 heteroatoms. The number of carbonyl (C=O) groups excluding carboxylic acids is 1. The molecule has 18 heavy (non-hydrogen) atoms. The molecule has 0 spiro atoms. The molecule has 0 unspecified atom stereocenters. The van der Waals surface area contributed by atoms with Crippen LogP contribution in [-0.2, 0) is 16.0 Å². The second-order valence-corrected chi connectivity index (χ2v) is 4.01. The smallest absolute Gasteiger partial charge is 0.306 e. The van der Waals surface area contributed by atoms with Crippen molar-refractivity contribution in [2.75, 3.05) is 20.7 Å². The van der Waals surface area contributed by atoms with Crippen LogP contribution in [0.4, 0.5) is 5.69 Å². The molecule has 98 valence electrons. The van der Waals surface area contributed by atoms with E-state index in [-0.39, 0.29) is 5.97 Å². The van der Waals surface area contributed by atoms with Gasteiger partial charge in [-0.25, -0.2) is 0 Å². The number of carbonyl (C=O) groups is 1. The van der Waals surface area contributed by atoms with Crippen molar-refractivity contribution < 1.29 is 9.53 Å². The summed E-state index contributed by atoms with van der Waals surface area (Å²) in [6.07, 6.45) is 1.09. The highest BCUT2D eigenvalue weighted by Gasteiger charge is 2.02. The zero-order chi connectivity index (χ0) is 13.4. The number of rotatable bonds is 6. The molecule has 0 aliphatic heterocycles. The lowest BCUT2D eigenvalue weighted by atomic mass is 10.1. The summed E-state index contributed by atoms with van der Waals surface area (Å²) in [4.78, 5) is 11.2.